The van der Waals surface area contributed by atoms with Gasteiger partial charge in [0.1, 0.15) is 17.7 Å². The fraction of sp³-hybridized carbons (Fsp3) is 0.188. The fourth-order valence-electron chi connectivity index (χ4n) is 2.26. The van der Waals surface area contributed by atoms with E-state index in [-0.39, 0.29) is 23.6 Å². The van der Waals surface area contributed by atoms with Crippen molar-refractivity contribution in [3.05, 3.63) is 48.2 Å². The molecule has 0 aliphatic rings. The van der Waals surface area contributed by atoms with Crippen molar-refractivity contribution in [2.75, 3.05) is 10.6 Å². The van der Waals surface area contributed by atoms with Crippen LogP contribution in [-0.4, -0.2) is 28.1 Å². The number of amides is 2. The molecular weight excluding hydrogens is 334 g/mol. The van der Waals surface area contributed by atoms with Crippen molar-refractivity contribution < 1.29 is 23.5 Å². The van der Waals surface area contributed by atoms with E-state index in [1.54, 1.807) is 6.92 Å². The van der Waals surface area contributed by atoms with Crippen molar-refractivity contribution in [1.29, 1.82) is 0 Å². The third-order valence-corrected chi connectivity index (χ3v) is 3.36. The smallest absolute Gasteiger partial charge is 0.405 e. The van der Waals surface area contributed by atoms with Gasteiger partial charge in [-0.1, -0.05) is 6.92 Å². The highest BCUT2D eigenvalue weighted by atomic mass is 19.1. The highest BCUT2D eigenvalue weighted by molar-refractivity contribution is 6.05. The third kappa shape index (κ3) is 4.19. The van der Waals surface area contributed by atoms with Crippen molar-refractivity contribution >= 4 is 29.2 Å². The number of nitrogens with two attached hydrogens (primary N) is 1. The van der Waals surface area contributed by atoms with Gasteiger partial charge in [-0.15, -0.1) is 0 Å². The van der Waals surface area contributed by atoms with E-state index in [0.717, 1.165) is 17.0 Å². The molecule has 0 bridgehead atoms. The summed E-state index contributed by atoms with van der Waals surface area (Å²) in [5.74, 6) is -2.62. The van der Waals surface area contributed by atoms with Gasteiger partial charge in [-0.05, 0) is 30.7 Å². The third-order valence-electron chi connectivity index (χ3n) is 3.36. The number of pyridine rings is 1. The molecule has 1 atom stereocenters. The predicted octanol–water partition coefficient (Wildman–Crippen LogP) is 2.65. The van der Waals surface area contributed by atoms with Crippen molar-refractivity contribution in [2.24, 2.45) is 0 Å². The molecule has 4 N–H and O–H groups in total. The average Bonchev–Trinajstić information content (AvgIpc) is 2.53. The van der Waals surface area contributed by atoms with Crippen molar-refractivity contribution in [3.63, 3.8) is 0 Å². The maximum absolute atomic E-state index is 13.6. The number of carboxylic acid groups (broad SMARTS) is 1. The number of aromatic nitrogens is 1. The first-order valence-electron chi connectivity index (χ1n) is 7.33. The van der Waals surface area contributed by atoms with Gasteiger partial charge in [-0.2, -0.15) is 0 Å². The van der Waals surface area contributed by atoms with Gasteiger partial charge in [0.2, 0.25) is 0 Å². The number of halogens is 2. The minimum absolute atomic E-state index is 0.0526. The van der Waals surface area contributed by atoms with Crippen LogP contribution in [0.2, 0.25) is 0 Å². The van der Waals surface area contributed by atoms with Crippen molar-refractivity contribution in [3.8, 4) is 0 Å². The largest absolute Gasteiger partial charge is 0.465 e. The molecule has 1 aromatic carbocycles. The Hall–Kier alpha value is -3.23. The lowest BCUT2D eigenvalue weighted by molar-refractivity contribution is -0.119. The van der Waals surface area contributed by atoms with Crippen LogP contribution in [0.15, 0.2) is 36.5 Å². The first-order chi connectivity index (χ1) is 11.8. The highest BCUT2D eigenvalue weighted by Crippen LogP contribution is 2.30. The fourth-order valence-corrected chi connectivity index (χ4v) is 2.26. The number of hydrogen-bond donors (Lipinski definition) is 3. The standard InChI is InChI=1S/C16H16F2N4O3/c1-2-13(21-16(24)25)15(23)22(14-12(19)4-3-5-20-14)11-7-9(17)6-10(18)8-11/h3-8,13,21H,2,19H2,1H3,(H,24,25). The summed E-state index contributed by atoms with van der Waals surface area (Å²) >= 11 is 0. The van der Waals surface area contributed by atoms with Crippen LogP contribution in [0.25, 0.3) is 0 Å². The van der Waals surface area contributed by atoms with E-state index in [1.165, 1.54) is 18.3 Å². The summed E-state index contributed by atoms with van der Waals surface area (Å²) in [5, 5.41) is 11.0. The Morgan fingerprint density at radius 1 is 1.32 bits per heavy atom. The van der Waals surface area contributed by atoms with Crippen LogP contribution in [0.5, 0.6) is 0 Å². The minimum Gasteiger partial charge on any atom is -0.465 e. The molecular formula is C16H16F2N4O3. The first kappa shape index (κ1) is 18.1. The Balaban J connectivity index is 2.58. The lowest BCUT2D eigenvalue weighted by Gasteiger charge is -2.27. The van der Waals surface area contributed by atoms with Gasteiger partial charge in [0.05, 0.1) is 11.4 Å². The number of hydrogen-bond acceptors (Lipinski definition) is 4. The second-order valence-corrected chi connectivity index (χ2v) is 5.13. The normalized spacial score (nSPS) is 11.6. The molecule has 7 nitrogen and oxygen atoms in total. The van der Waals surface area contributed by atoms with E-state index < -0.39 is 29.7 Å². The molecule has 1 unspecified atom stereocenters. The number of carbonyl (C=O) groups excluding carboxylic acids is 1. The molecule has 0 fully saturated rings. The zero-order valence-corrected chi connectivity index (χ0v) is 13.2. The molecule has 2 rings (SSSR count). The molecule has 132 valence electrons. The zero-order chi connectivity index (χ0) is 18.6. The molecule has 1 aromatic heterocycles. The molecule has 25 heavy (non-hydrogen) atoms. The van der Waals surface area contributed by atoms with Crippen LogP contribution in [0.4, 0.5) is 30.8 Å². The number of anilines is 3. The molecule has 1 heterocycles. The SMILES string of the molecule is CCC(NC(=O)O)C(=O)N(c1cc(F)cc(F)c1)c1ncccc1N. The number of benzene rings is 1. The quantitative estimate of drug-likeness (QED) is 0.768. The van der Waals surface area contributed by atoms with E-state index in [2.05, 4.69) is 10.3 Å². The summed E-state index contributed by atoms with van der Waals surface area (Å²) in [4.78, 5) is 28.6. The van der Waals surface area contributed by atoms with Crippen LogP contribution in [0.1, 0.15) is 13.3 Å². The summed E-state index contributed by atoms with van der Waals surface area (Å²) in [7, 11) is 0. The van der Waals surface area contributed by atoms with Crippen LogP contribution < -0.4 is 16.0 Å². The van der Waals surface area contributed by atoms with Crippen molar-refractivity contribution in [2.45, 2.75) is 19.4 Å². The van der Waals surface area contributed by atoms with E-state index in [9.17, 15) is 18.4 Å². The van der Waals surface area contributed by atoms with Gasteiger partial charge in [0.15, 0.2) is 5.82 Å². The average molecular weight is 350 g/mol. The van der Waals surface area contributed by atoms with Crippen LogP contribution >= 0.6 is 0 Å². The molecule has 0 saturated heterocycles. The molecule has 0 radical (unpaired) electrons. The maximum Gasteiger partial charge on any atom is 0.405 e. The number of rotatable bonds is 5. The van der Waals surface area contributed by atoms with Gasteiger partial charge in [0.25, 0.3) is 5.91 Å². The summed E-state index contributed by atoms with van der Waals surface area (Å²) < 4.78 is 27.2. The predicted molar refractivity (Wildman–Crippen MR) is 87.4 cm³/mol. The number of nitrogens with one attached hydrogen (secondary N) is 1. The second kappa shape index (κ2) is 7.56. The zero-order valence-electron chi connectivity index (χ0n) is 13.2. The minimum atomic E-state index is -1.40. The molecule has 0 spiro atoms. The number of nitrogens with zero attached hydrogens (tertiary/aromatic N) is 2. The van der Waals surface area contributed by atoms with E-state index >= 15 is 0 Å². The topological polar surface area (TPSA) is 109 Å². The van der Waals surface area contributed by atoms with Crippen molar-refractivity contribution in [1.82, 2.24) is 10.3 Å². The van der Waals surface area contributed by atoms with E-state index in [4.69, 9.17) is 10.8 Å². The van der Waals surface area contributed by atoms with Crippen LogP contribution in [-0.2, 0) is 4.79 Å². The summed E-state index contributed by atoms with van der Waals surface area (Å²) in [6.07, 6.45) is 0.0684. The lowest BCUT2D eigenvalue weighted by atomic mass is 10.1. The number of carbonyl (C=O) groups is 2. The summed E-state index contributed by atoms with van der Waals surface area (Å²) in [6, 6.07) is 4.36. The van der Waals surface area contributed by atoms with Crippen LogP contribution in [0.3, 0.4) is 0 Å². The number of nitrogen functional groups attached to an aromatic ring is 1. The molecule has 2 aromatic rings. The lowest BCUT2D eigenvalue weighted by Crippen LogP contribution is -2.46. The van der Waals surface area contributed by atoms with Gasteiger partial charge in [0, 0.05) is 12.3 Å². The van der Waals surface area contributed by atoms with Gasteiger partial charge < -0.3 is 16.2 Å². The monoisotopic (exact) mass is 350 g/mol. The molecule has 0 aliphatic carbocycles. The van der Waals surface area contributed by atoms with Gasteiger partial charge in [-0.3, -0.25) is 9.69 Å². The molecule has 2 amide bonds. The summed E-state index contributed by atoms with van der Waals surface area (Å²) in [5.41, 5.74) is 5.77. The van der Waals surface area contributed by atoms with Gasteiger partial charge >= 0.3 is 6.09 Å². The maximum atomic E-state index is 13.6. The second-order valence-electron chi connectivity index (χ2n) is 5.13. The Bertz CT molecular complexity index is 780. The highest BCUT2D eigenvalue weighted by Gasteiger charge is 2.29. The van der Waals surface area contributed by atoms with E-state index in [1.807, 2.05) is 0 Å². The van der Waals surface area contributed by atoms with Crippen LogP contribution in [0, 0.1) is 11.6 Å². The molecule has 9 heteroatoms. The Morgan fingerprint density at radius 2 is 1.96 bits per heavy atom. The van der Waals surface area contributed by atoms with E-state index in [0.29, 0.717) is 6.07 Å². The molecule has 0 aliphatic heterocycles. The van der Waals surface area contributed by atoms with Gasteiger partial charge in [-0.25, -0.2) is 18.6 Å². The Kier molecular flexibility index (Phi) is 5.48. The molecule has 0 saturated carbocycles. The Labute approximate surface area is 142 Å². The summed E-state index contributed by atoms with van der Waals surface area (Å²) in [6.45, 7) is 1.59. The Morgan fingerprint density at radius 3 is 2.48 bits per heavy atom. The first-order valence-corrected chi connectivity index (χ1v) is 7.33.